The normalized spacial score (nSPS) is 14.1. The molecule has 0 unspecified atom stereocenters. The number of amides is 2. The van der Waals surface area contributed by atoms with Crippen molar-refractivity contribution in [3.63, 3.8) is 0 Å². The number of aliphatic imine (C=N–C) groups is 2. The molecule has 45 heavy (non-hydrogen) atoms. The zero-order chi connectivity index (χ0) is 32.3. The number of likely N-dealkylation sites (N-methyl/N-ethyl adjacent to an activating group) is 1. The number of hydrogen-bond acceptors (Lipinski definition) is 7. The van der Waals surface area contributed by atoms with E-state index in [4.69, 9.17) is 9.47 Å². The third-order valence-corrected chi connectivity index (χ3v) is 7.98. The molecule has 10 nitrogen and oxygen atoms in total. The van der Waals surface area contributed by atoms with Crippen molar-refractivity contribution in [3.8, 4) is 11.5 Å². The van der Waals surface area contributed by atoms with Crippen molar-refractivity contribution >= 4 is 41.3 Å². The maximum atomic E-state index is 14.2. The van der Waals surface area contributed by atoms with Gasteiger partial charge in [-0.3, -0.25) is 4.99 Å². The summed E-state index contributed by atoms with van der Waals surface area (Å²) in [6, 6.07) is 19.2. The molecule has 0 spiro atoms. The summed E-state index contributed by atoms with van der Waals surface area (Å²) < 4.78 is 10.9. The molecule has 1 aliphatic rings. The Morgan fingerprint density at radius 3 is 2.18 bits per heavy atom. The van der Waals surface area contributed by atoms with Crippen LogP contribution < -0.4 is 29.9 Å². The summed E-state index contributed by atoms with van der Waals surface area (Å²) in [5.74, 6) is 2.00. The maximum absolute atomic E-state index is 14.2. The minimum absolute atomic E-state index is 0.299. The summed E-state index contributed by atoms with van der Waals surface area (Å²) in [4.78, 5) is 29.2. The van der Waals surface area contributed by atoms with Crippen molar-refractivity contribution in [2.24, 2.45) is 9.98 Å². The molecule has 4 rings (SSSR count). The van der Waals surface area contributed by atoms with E-state index in [0.29, 0.717) is 34.5 Å². The number of anilines is 4. The quantitative estimate of drug-likeness (QED) is 0.195. The molecule has 1 heterocycles. The van der Waals surface area contributed by atoms with E-state index in [-0.39, 0.29) is 6.03 Å². The number of amidine groups is 1. The van der Waals surface area contributed by atoms with Gasteiger partial charge < -0.3 is 29.9 Å². The van der Waals surface area contributed by atoms with E-state index in [2.05, 4.69) is 58.0 Å². The highest BCUT2D eigenvalue weighted by Gasteiger charge is 2.24. The average Bonchev–Trinajstić information content (AvgIpc) is 3.08. The molecule has 10 heteroatoms. The van der Waals surface area contributed by atoms with E-state index in [0.717, 1.165) is 61.5 Å². The second kappa shape index (κ2) is 15.8. The summed E-state index contributed by atoms with van der Waals surface area (Å²) in [6.07, 6.45) is 3.26. The summed E-state index contributed by atoms with van der Waals surface area (Å²) in [6.45, 7) is 11.9. The molecule has 0 atom stereocenters. The number of carbonyl (C=O) groups excluding carboxylic acids is 1. The highest BCUT2D eigenvalue weighted by molar-refractivity contribution is 6.09. The molecule has 238 valence electrons. The molecule has 0 aromatic heterocycles. The molecule has 2 amide bonds. The first-order chi connectivity index (χ1) is 21.8. The standard InChI is InChI=1S/C35H45N7O3/c1-8-25-11-10-12-26(9-2)34(25)39-35(43)42(28-15-13-27(14-16-28)41-21-19-40(5)20-22-41)33(37-4)24-32(36-3)38-30-18-17-29(44-6)23-31(30)45-7/h10-18,23-24H,4,8-9,19-22H2,1-3,5-7H3,(H,36,38)(H,39,43)/b33-24+. The summed E-state index contributed by atoms with van der Waals surface area (Å²) in [7, 11) is 6.99. The van der Waals surface area contributed by atoms with Crippen LogP contribution in [0.15, 0.2) is 82.5 Å². The Morgan fingerprint density at radius 2 is 1.62 bits per heavy atom. The maximum Gasteiger partial charge on any atom is 0.332 e. The Hall–Kier alpha value is -4.83. The number of hydrogen-bond donors (Lipinski definition) is 2. The topological polar surface area (TPSA) is 94.0 Å². The molecule has 0 bridgehead atoms. The van der Waals surface area contributed by atoms with Gasteiger partial charge in [-0.1, -0.05) is 32.0 Å². The largest absolute Gasteiger partial charge is 0.497 e. The number of para-hydroxylation sites is 1. The lowest BCUT2D eigenvalue weighted by molar-refractivity contribution is 0.258. The summed E-state index contributed by atoms with van der Waals surface area (Å²) in [5.41, 5.74) is 5.38. The van der Waals surface area contributed by atoms with Gasteiger partial charge in [-0.25, -0.2) is 14.7 Å². The molecule has 2 N–H and O–H groups in total. The highest BCUT2D eigenvalue weighted by Crippen LogP contribution is 2.31. The molecular weight excluding hydrogens is 566 g/mol. The molecule has 1 aliphatic heterocycles. The molecule has 1 fully saturated rings. The van der Waals surface area contributed by atoms with Crippen LogP contribution in [0.2, 0.25) is 0 Å². The number of nitrogens with one attached hydrogen (secondary N) is 2. The molecule has 3 aromatic rings. The van der Waals surface area contributed by atoms with Gasteiger partial charge in [-0.15, -0.1) is 0 Å². The monoisotopic (exact) mass is 611 g/mol. The first-order valence-corrected chi connectivity index (χ1v) is 15.2. The first kappa shape index (κ1) is 33.1. The fourth-order valence-electron chi connectivity index (χ4n) is 5.30. The molecular formula is C35H45N7O3. The number of piperazine rings is 1. The van der Waals surface area contributed by atoms with Crippen molar-refractivity contribution in [2.75, 3.05) is 74.9 Å². The Bertz CT molecular complexity index is 1500. The predicted octanol–water partition coefficient (Wildman–Crippen LogP) is 6.30. The second-order valence-electron chi connectivity index (χ2n) is 10.7. The third-order valence-electron chi connectivity index (χ3n) is 7.98. The van der Waals surface area contributed by atoms with E-state index < -0.39 is 0 Å². The zero-order valence-corrected chi connectivity index (χ0v) is 27.3. The number of ether oxygens (including phenoxy) is 2. The Labute approximate surface area is 267 Å². The minimum Gasteiger partial charge on any atom is -0.497 e. The van der Waals surface area contributed by atoms with Crippen LogP contribution in [0.1, 0.15) is 25.0 Å². The Kier molecular flexibility index (Phi) is 11.6. The second-order valence-corrected chi connectivity index (χ2v) is 10.7. The van der Waals surface area contributed by atoms with Gasteiger partial charge in [0, 0.05) is 56.7 Å². The lowest BCUT2D eigenvalue weighted by Gasteiger charge is -2.34. The average molecular weight is 612 g/mol. The van der Waals surface area contributed by atoms with E-state index >= 15 is 0 Å². The smallest absolute Gasteiger partial charge is 0.332 e. The fourth-order valence-corrected chi connectivity index (χ4v) is 5.30. The Balaban J connectivity index is 1.73. The first-order valence-electron chi connectivity index (χ1n) is 15.2. The number of benzene rings is 3. The molecule has 3 aromatic carbocycles. The van der Waals surface area contributed by atoms with Crippen LogP contribution in [0, 0.1) is 0 Å². The SMILES string of the molecule is C=N/C(=C\C(=N/C)Nc1ccc(OC)cc1OC)N(C(=O)Nc1c(CC)cccc1CC)c1ccc(N2CCN(C)CC2)cc1. The van der Waals surface area contributed by atoms with Crippen molar-refractivity contribution in [1.29, 1.82) is 0 Å². The fraction of sp³-hybridized carbons (Fsp3) is 0.343. The van der Waals surface area contributed by atoms with Crippen LogP contribution in [-0.2, 0) is 12.8 Å². The lowest BCUT2D eigenvalue weighted by atomic mass is 10.0. The van der Waals surface area contributed by atoms with E-state index in [1.807, 2.05) is 54.6 Å². The van der Waals surface area contributed by atoms with Crippen LogP contribution in [0.25, 0.3) is 0 Å². The number of rotatable bonds is 11. The van der Waals surface area contributed by atoms with Gasteiger partial charge in [0.25, 0.3) is 0 Å². The Morgan fingerprint density at radius 1 is 0.956 bits per heavy atom. The van der Waals surface area contributed by atoms with E-state index in [1.54, 1.807) is 33.4 Å². The van der Waals surface area contributed by atoms with E-state index in [1.165, 1.54) is 4.90 Å². The van der Waals surface area contributed by atoms with Gasteiger partial charge in [0.2, 0.25) is 0 Å². The highest BCUT2D eigenvalue weighted by atomic mass is 16.5. The van der Waals surface area contributed by atoms with Crippen LogP contribution in [0.3, 0.4) is 0 Å². The summed E-state index contributed by atoms with van der Waals surface area (Å²) >= 11 is 0. The number of urea groups is 1. The van der Waals surface area contributed by atoms with Crippen molar-refractivity contribution in [3.05, 3.63) is 83.7 Å². The van der Waals surface area contributed by atoms with Crippen molar-refractivity contribution < 1.29 is 14.3 Å². The van der Waals surface area contributed by atoms with Crippen LogP contribution >= 0.6 is 0 Å². The lowest BCUT2D eigenvalue weighted by Crippen LogP contribution is -2.44. The molecule has 0 aliphatic carbocycles. The molecule has 0 saturated carbocycles. The van der Waals surface area contributed by atoms with Crippen molar-refractivity contribution in [2.45, 2.75) is 26.7 Å². The predicted molar refractivity (Wildman–Crippen MR) is 187 cm³/mol. The number of carbonyl (C=O) groups is 1. The van der Waals surface area contributed by atoms with Crippen molar-refractivity contribution in [1.82, 2.24) is 4.90 Å². The minimum atomic E-state index is -0.353. The zero-order valence-electron chi connectivity index (χ0n) is 27.3. The van der Waals surface area contributed by atoms with Gasteiger partial charge in [0.15, 0.2) is 0 Å². The van der Waals surface area contributed by atoms with Gasteiger partial charge in [0.1, 0.15) is 23.2 Å². The van der Waals surface area contributed by atoms with Gasteiger partial charge in [-0.2, -0.15) is 0 Å². The van der Waals surface area contributed by atoms with E-state index in [9.17, 15) is 4.79 Å². The van der Waals surface area contributed by atoms with Crippen LogP contribution in [0.5, 0.6) is 11.5 Å². The van der Waals surface area contributed by atoms with Crippen LogP contribution in [0.4, 0.5) is 27.5 Å². The van der Waals surface area contributed by atoms with Gasteiger partial charge >= 0.3 is 6.03 Å². The number of aryl methyl sites for hydroxylation is 2. The van der Waals surface area contributed by atoms with Gasteiger partial charge in [0.05, 0.1) is 25.6 Å². The summed E-state index contributed by atoms with van der Waals surface area (Å²) in [5, 5.41) is 6.49. The van der Waals surface area contributed by atoms with Crippen LogP contribution in [-0.4, -0.2) is 78.0 Å². The molecule has 1 saturated heterocycles. The van der Waals surface area contributed by atoms with Gasteiger partial charge in [-0.05, 0) is 74.1 Å². The number of nitrogens with zero attached hydrogens (tertiary/aromatic N) is 5. The third kappa shape index (κ3) is 8.02. The molecule has 0 radical (unpaired) electrons. The number of methoxy groups -OCH3 is 2.